The summed E-state index contributed by atoms with van der Waals surface area (Å²) in [5.41, 5.74) is 1.45. The molecule has 0 amide bonds. The molecule has 2 rings (SSSR count). The predicted molar refractivity (Wildman–Crippen MR) is 77.4 cm³/mol. The summed E-state index contributed by atoms with van der Waals surface area (Å²) in [5, 5.41) is 0. The lowest BCUT2D eigenvalue weighted by molar-refractivity contribution is 0.0843. The third kappa shape index (κ3) is 2.29. The molecule has 0 saturated carbocycles. The quantitative estimate of drug-likeness (QED) is 0.681. The highest BCUT2D eigenvalue weighted by atomic mass is 32.1. The maximum Gasteiger partial charge on any atom is 0.203 e. The highest BCUT2D eigenvalue weighted by Crippen LogP contribution is 2.24. The number of benzene rings is 1. The minimum atomic E-state index is -0.421. The fraction of sp³-hybridized carbons (Fsp3) is 0.429. The zero-order valence-electron chi connectivity index (χ0n) is 11.0. The molecule has 0 spiro atoms. The number of nitrogens with zero attached hydrogens (tertiary/aromatic N) is 2. The van der Waals surface area contributed by atoms with Gasteiger partial charge in [0.2, 0.25) is 5.78 Å². The van der Waals surface area contributed by atoms with Crippen molar-refractivity contribution in [2.75, 3.05) is 5.75 Å². The summed E-state index contributed by atoms with van der Waals surface area (Å²) in [7, 11) is 0. The number of fused-ring (bicyclic) bond motifs is 1. The molecule has 0 radical (unpaired) electrons. The number of aryl methyl sites for hydroxylation is 1. The number of rotatable bonds is 3. The Morgan fingerprint density at radius 3 is 2.61 bits per heavy atom. The van der Waals surface area contributed by atoms with Crippen LogP contribution in [0.5, 0.6) is 0 Å². The van der Waals surface area contributed by atoms with Gasteiger partial charge in [0.15, 0.2) is 5.82 Å². The van der Waals surface area contributed by atoms with Crippen LogP contribution in [0.1, 0.15) is 31.4 Å². The Balaban J connectivity index is 2.63. The van der Waals surface area contributed by atoms with Crippen LogP contribution in [-0.4, -0.2) is 21.1 Å². The highest BCUT2D eigenvalue weighted by molar-refractivity contribution is 7.80. The molecule has 18 heavy (non-hydrogen) atoms. The summed E-state index contributed by atoms with van der Waals surface area (Å²) in [6.45, 7) is 6.44. The monoisotopic (exact) mass is 262 g/mol. The van der Waals surface area contributed by atoms with Crippen molar-refractivity contribution in [3.05, 3.63) is 30.1 Å². The number of Topliss-reactive ketones (excluding diaryl/α,β-unsaturated/α-hetero) is 1. The summed E-state index contributed by atoms with van der Waals surface area (Å²) in [6, 6.07) is 7.82. The first-order chi connectivity index (χ1) is 8.45. The van der Waals surface area contributed by atoms with E-state index in [1.807, 2.05) is 49.6 Å². The van der Waals surface area contributed by atoms with E-state index in [9.17, 15) is 4.79 Å². The number of carbonyl (C=O) groups excluding carboxylic acids is 1. The molecule has 0 fully saturated rings. The van der Waals surface area contributed by atoms with Crippen LogP contribution in [0, 0.1) is 5.41 Å². The molecule has 1 aromatic heterocycles. The Labute approximate surface area is 113 Å². The van der Waals surface area contributed by atoms with E-state index in [-0.39, 0.29) is 5.78 Å². The SMILES string of the molecule is CC(C)(C)C(=O)c1nc2ccccc2n1CCS. The summed E-state index contributed by atoms with van der Waals surface area (Å²) < 4.78 is 1.97. The molecule has 0 aliphatic heterocycles. The van der Waals surface area contributed by atoms with Crippen LogP contribution in [0.3, 0.4) is 0 Å². The smallest absolute Gasteiger partial charge is 0.203 e. The van der Waals surface area contributed by atoms with Crippen LogP contribution in [0.25, 0.3) is 11.0 Å². The standard InChI is InChI=1S/C14H18N2OS/c1-14(2,3)12(17)13-15-10-6-4-5-7-11(10)16(13)8-9-18/h4-7,18H,8-9H2,1-3H3. The molecule has 0 saturated heterocycles. The van der Waals surface area contributed by atoms with Crippen molar-refractivity contribution >= 4 is 29.4 Å². The molecular formula is C14H18N2OS. The molecule has 2 aromatic rings. The van der Waals surface area contributed by atoms with E-state index >= 15 is 0 Å². The van der Waals surface area contributed by atoms with Crippen molar-refractivity contribution in [1.82, 2.24) is 9.55 Å². The van der Waals surface area contributed by atoms with E-state index in [0.717, 1.165) is 11.0 Å². The molecule has 3 nitrogen and oxygen atoms in total. The molecule has 96 valence electrons. The number of carbonyl (C=O) groups is 1. The Hall–Kier alpha value is -1.29. The lowest BCUT2D eigenvalue weighted by Gasteiger charge is -2.17. The highest BCUT2D eigenvalue weighted by Gasteiger charge is 2.28. The van der Waals surface area contributed by atoms with Crippen LogP contribution in [0.15, 0.2) is 24.3 Å². The molecule has 1 heterocycles. The molecule has 1 aromatic carbocycles. The number of para-hydroxylation sites is 2. The van der Waals surface area contributed by atoms with Crippen molar-refractivity contribution in [1.29, 1.82) is 0 Å². The summed E-state index contributed by atoms with van der Waals surface area (Å²) in [5.74, 6) is 1.29. The van der Waals surface area contributed by atoms with E-state index in [1.54, 1.807) is 0 Å². The number of aromatic nitrogens is 2. The molecule has 0 aliphatic carbocycles. The van der Waals surface area contributed by atoms with Gasteiger partial charge in [-0.1, -0.05) is 32.9 Å². The van der Waals surface area contributed by atoms with Gasteiger partial charge in [0.05, 0.1) is 11.0 Å². The van der Waals surface area contributed by atoms with E-state index < -0.39 is 5.41 Å². The number of ketones is 1. The fourth-order valence-electron chi connectivity index (χ4n) is 1.91. The maximum atomic E-state index is 12.4. The fourth-order valence-corrected chi connectivity index (χ4v) is 2.11. The first-order valence-electron chi connectivity index (χ1n) is 6.06. The number of hydrogen-bond acceptors (Lipinski definition) is 3. The van der Waals surface area contributed by atoms with Gasteiger partial charge >= 0.3 is 0 Å². The van der Waals surface area contributed by atoms with Crippen LogP contribution >= 0.6 is 12.6 Å². The Bertz CT molecular complexity index is 581. The molecule has 0 aliphatic rings. The van der Waals surface area contributed by atoms with Gasteiger partial charge in [0.1, 0.15) is 0 Å². The molecule has 0 N–H and O–H groups in total. The van der Waals surface area contributed by atoms with Gasteiger partial charge < -0.3 is 4.57 Å². The summed E-state index contributed by atoms with van der Waals surface area (Å²) in [6.07, 6.45) is 0. The minimum Gasteiger partial charge on any atom is -0.321 e. The van der Waals surface area contributed by atoms with Crippen LogP contribution < -0.4 is 0 Å². The van der Waals surface area contributed by atoms with Gasteiger partial charge in [-0.2, -0.15) is 12.6 Å². The van der Waals surface area contributed by atoms with Crippen molar-refractivity contribution in [3.63, 3.8) is 0 Å². The number of thiol groups is 1. The van der Waals surface area contributed by atoms with Crippen molar-refractivity contribution < 1.29 is 4.79 Å². The Morgan fingerprint density at radius 2 is 2.00 bits per heavy atom. The van der Waals surface area contributed by atoms with Crippen molar-refractivity contribution in [3.8, 4) is 0 Å². The molecule has 4 heteroatoms. The van der Waals surface area contributed by atoms with Crippen LogP contribution in [-0.2, 0) is 6.54 Å². The first-order valence-corrected chi connectivity index (χ1v) is 6.69. The maximum absolute atomic E-state index is 12.4. The lowest BCUT2D eigenvalue weighted by Crippen LogP contribution is -2.24. The predicted octanol–water partition coefficient (Wildman–Crippen LogP) is 3.19. The second kappa shape index (κ2) is 4.76. The van der Waals surface area contributed by atoms with Crippen LogP contribution in [0.4, 0.5) is 0 Å². The van der Waals surface area contributed by atoms with E-state index in [0.29, 0.717) is 18.1 Å². The average molecular weight is 262 g/mol. The van der Waals surface area contributed by atoms with E-state index in [1.165, 1.54) is 0 Å². The topological polar surface area (TPSA) is 34.9 Å². The van der Waals surface area contributed by atoms with Gasteiger partial charge in [0, 0.05) is 17.7 Å². The van der Waals surface area contributed by atoms with Gasteiger partial charge in [-0.15, -0.1) is 0 Å². The molecule has 0 bridgehead atoms. The molecule has 0 unspecified atom stereocenters. The zero-order chi connectivity index (χ0) is 13.3. The summed E-state index contributed by atoms with van der Waals surface area (Å²) >= 11 is 4.26. The first kappa shape index (κ1) is 13.1. The average Bonchev–Trinajstić information content (AvgIpc) is 2.67. The normalized spacial score (nSPS) is 12.0. The minimum absolute atomic E-state index is 0.0699. The zero-order valence-corrected chi connectivity index (χ0v) is 11.9. The summed E-state index contributed by atoms with van der Waals surface area (Å²) in [4.78, 5) is 16.9. The third-order valence-corrected chi connectivity index (χ3v) is 3.06. The third-order valence-electron chi connectivity index (χ3n) is 2.86. The Kier molecular flexibility index (Phi) is 3.48. The largest absolute Gasteiger partial charge is 0.321 e. The van der Waals surface area contributed by atoms with Crippen molar-refractivity contribution in [2.24, 2.45) is 5.41 Å². The number of imidazole rings is 1. The molecule has 0 atom stereocenters. The van der Waals surface area contributed by atoms with E-state index in [4.69, 9.17) is 0 Å². The second-order valence-electron chi connectivity index (χ2n) is 5.38. The van der Waals surface area contributed by atoms with Gasteiger partial charge in [0.25, 0.3) is 0 Å². The number of hydrogen-bond donors (Lipinski definition) is 1. The Morgan fingerprint density at radius 1 is 1.33 bits per heavy atom. The van der Waals surface area contributed by atoms with Crippen molar-refractivity contribution in [2.45, 2.75) is 27.3 Å². The lowest BCUT2D eigenvalue weighted by atomic mass is 9.90. The van der Waals surface area contributed by atoms with Gasteiger partial charge in [-0.05, 0) is 12.1 Å². The van der Waals surface area contributed by atoms with Gasteiger partial charge in [-0.25, -0.2) is 4.98 Å². The molecular weight excluding hydrogens is 244 g/mol. The van der Waals surface area contributed by atoms with E-state index in [2.05, 4.69) is 17.6 Å². The second-order valence-corrected chi connectivity index (χ2v) is 5.83. The van der Waals surface area contributed by atoms with Crippen LogP contribution in [0.2, 0.25) is 0 Å². The van der Waals surface area contributed by atoms with Gasteiger partial charge in [-0.3, -0.25) is 4.79 Å².